The summed E-state index contributed by atoms with van der Waals surface area (Å²) in [7, 11) is -3.48. The van der Waals surface area contributed by atoms with Gasteiger partial charge in [-0.3, -0.25) is 0 Å². The summed E-state index contributed by atoms with van der Waals surface area (Å²) in [6.45, 7) is 4.38. The van der Waals surface area contributed by atoms with Gasteiger partial charge in [-0.2, -0.15) is 0 Å². The van der Waals surface area contributed by atoms with Crippen LogP contribution < -0.4 is 10.5 Å². The summed E-state index contributed by atoms with van der Waals surface area (Å²) < 4.78 is 27.7. The highest BCUT2D eigenvalue weighted by molar-refractivity contribution is 9.10. The molecule has 18 heavy (non-hydrogen) atoms. The van der Waals surface area contributed by atoms with Crippen LogP contribution in [0.3, 0.4) is 0 Å². The maximum atomic E-state index is 12.1. The van der Waals surface area contributed by atoms with Crippen molar-refractivity contribution in [3.63, 3.8) is 0 Å². The van der Waals surface area contributed by atoms with E-state index in [0.29, 0.717) is 12.5 Å². The lowest BCUT2D eigenvalue weighted by Crippen LogP contribution is -2.40. The Morgan fingerprint density at radius 2 is 1.83 bits per heavy atom. The summed E-state index contributed by atoms with van der Waals surface area (Å²) >= 11 is 3.27. The average molecular weight is 335 g/mol. The second-order valence-corrected chi connectivity index (χ2v) is 7.27. The van der Waals surface area contributed by atoms with Crippen LogP contribution in [0.5, 0.6) is 0 Å². The minimum absolute atomic E-state index is 0.223. The third kappa shape index (κ3) is 4.68. The van der Waals surface area contributed by atoms with E-state index < -0.39 is 10.0 Å². The molecule has 0 fully saturated rings. The SMILES string of the molecule is CC(C)CC(CN)NS(=O)(=O)c1ccc(Br)cc1. The molecule has 0 radical (unpaired) electrons. The van der Waals surface area contributed by atoms with Crippen molar-refractivity contribution < 1.29 is 8.42 Å². The van der Waals surface area contributed by atoms with Crippen molar-refractivity contribution in [2.45, 2.75) is 31.2 Å². The summed E-state index contributed by atoms with van der Waals surface area (Å²) in [4.78, 5) is 0.257. The van der Waals surface area contributed by atoms with E-state index in [1.54, 1.807) is 24.3 Å². The monoisotopic (exact) mass is 334 g/mol. The Bertz CT molecular complexity index is 471. The zero-order valence-corrected chi connectivity index (χ0v) is 13.0. The van der Waals surface area contributed by atoms with Gasteiger partial charge in [0.25, 0.3) is 0 Å². The second-order valence-electron chi connectivity index (χ2n) is 4.64. The molecule has 4 nitrogen and oxygen atoms in total. The standard InChI is InChI=1S/C12H19BrN2O2S/c1-9(2)7-11(8-14)15-18(16,17)12-5-3-10(13)4-6-12/h3-6,9,11,15H,7-8,14H2,1-2H3. The molecule has 0 aliphatic rings. The van der Waals surface area contributed by atoms with E-state index in [0.717, 1.165) is 10.9 Å². The first-order chi connectivity index (χ1) is 8.35. The van der Waals surface area contributed by atoms with Gasteiger partial charge in [0.1, 0.15) is 0 Å². The highest BCUT2D eigenvalue weighted by atomic mass is 79.9. The third-order valence-electron chi connectivity index (χ3n) is 2.49. The molecule has 0 aromatic heterocycles. The van der Waals surface area contributed by atoms with Crippen LogP contribution in [0.25, 0.3) is 0 Å². The summed E-state index contributed by atoms with van der Waals surface area (Å²) in [5, 5.41) is 0. The van der Waals surface area contributed by atoms with E-state index in [-0.39, 0.29) is 10.9 Å². The van der Waals surface area contributed by atoms with Crippen molar-refractivity contribution >= 4 is 26.0 Å². The summed E-state index contributed by atoms with van der Waals surface area (Å²) in [6.07, 6.45) is 0.728. The molecule has 1 aromatic rings. The van der Waals surface area contributed by atoms with Gasteiger partial charge in [-0.15, -0.1) is 0 Å². The predicted molar refractivity (Wildman–Crippen MR) is 76.8 cm³/mol. The number of hydrogen-bond donors (Lipinski definition) is 2. The normalized spacial score (nSPS) is 13.8. The van der Waals surface area contributed by atoms with Crippen molar-refractivity contribution in [3.05, 3.63) is 28.7 Å². The Morgan fingerprint density at radius 1 is 1.28 bits per heavy atom. The number of sulfonamides is 1. The fourth-order valence-corrected chi connectivity index (χ4v) is 3.19. The molecule has 102 valence electrons. The largest absolute Gasteiger partial charge is 0.329 e. The molecule has 1 aromatic carbocycles. The van der Waals surface area contributed by atoms with Gasteiger partial charge in [0, 0.05) is 17.1 Å². The van der Waals surface area contributed by atoms with E-state index in [1.165, 1.54) is 0 Å². The quantitative estimate of drug-likeness (QED) is 0.836. The number of nitrogens with one attached hydrogen (secondary N) is 1. The molecule has 1 unspecified atom stereocenters. The van der Waals surface area contributed by atoms with Crippen molar-refractivity contribution in [2.75, 3.05) is 6.54 Å². The lowest BCUT2D eigenvalue weighted by atomic mass is 10.1. The average Bonchev–Trinajstić information content (AvgIpc) is 2.27. The molecular weight excluding hydrogens is 316 g/mol. The molecule has 0 amide bonds. The second kappa shape index (κ2) is 6.65. The molecular formula is C12H19BrN2O2S. The molecule has 3 N–H and O–H groups in total. The van der Waals surface area contributed by atoms with Gasteiger partial charge in [-0.05, 0) is 36.6 Å². The van der Waals surface area contributed by atoms with E-state index in [4.69, 9.17) is 5.73 Å². The van der Waals surface area contributed by atoms with Crippen molar-refractivity contribution in [3.8, 4) is 0 Å². The van der Waals surface area contributed by atoms with Gasteiger partial charge in [0.05, 0.1) is 4.90 Å². The maximum Gasteiger partial charge on any atom is 0.240 e. The fraction of sp³-hybridized carbons (Fsp3) is 0.500. The van der Waals surface area contributed by atoms with Gasteiger partial charge in [0.15, 0.2) is 0 Å². The highest BCUT2D eigenvalue weighted by Gasteiger charge is 2.19. The molecule has 0 heterocycles. The Kier molecular flexibility index (Phi) is 5.78. The van der Waals surface area contributed by atoms with Crippen molar-refractivity contribution in [2.24, 2.45) is 11.7 Å². The molecule has 0 saturated heterocycles. The molecule has 1 atom stereocenters. The zero-order chi connectivity index (χ0) is 13.8. The molecule has 0 saturated carbocycles. The number of nitrogens with two attached hydrogens (primary N) is 1. The summed E-state index contributed by atoms with van der Waals surface area (Å²) in [5.41, 5.74) is 5.60. The maximum absolute atomic E-state index is 12.1. The predicted octanol–water partition coefficient (Wildman–Crippen LogP) is 2.10. The minimum Gasteiger partial charge on any atom is -0.329 e. The molecule has 1 rings (SSSR count). The van der Waals surface area contributed by atoms with Crippen LogP contribution in [0.15, 0.2) is 33.6 Å². The number of rotatable bonds is 6. The number of benzene rings is 1. The Hall–Kier alpha value is -0.430. The van der Waals surface area contributed by atoms with E-state index in [1.807, 2.05) is 13.8 Å². The molecule has 6 heteroatoms. The summed E-state index contributed by atoms with van der Waals surface area (Å²) in [6, 6.07) is 6.31. The summed E-state index contributed by atoms with van der Waals surface area (Å²) in [5.74, 6) is 0.395. The Labute approximate surface area is 117 Å². The number of hydrogen-bond acceptors (Lipinski definition) is 3. The van der Waals surface area contributed by atoms with Crippen molar-refractivity contribution in [1.82, 2.24) is 4.72 Å². The number of halogens is 1. The minimum atomic E-state index is -3.48. The lowest BCUT2D eigenvalue weighted by Gasteiger charge is -2.18. The van der Waals surface area contributed by atoms with Crippen LogP contribution >= 0.6 is 15.9 Å². The Morgan fingerprint density at radius 3 is 2.28 bits per heavy atom. The topological polar surface area (TPSA) is 72.2 Å². The van der Waals surface area contributed by atoms with Gasteiger partial charge >= 0.3 is 0 Å². The lowest BCUT2D eigenvalue weighted by molar-refractivity contribution is 0.465. The molecule has 0 bridgehead atoms. The van der Waals surface area contributed by atoms with Crippen LogP contribution in [0.1, 0.15) is 20.3 Å². The van der Waals surface area contributed by atoms with Gasteiger partial charge in [0.2, 0.25) is 10.0 Å². The fourth-order valence-electron chi connectivity index (χ4n) is 1.66. The molecule has 0 spiro atoms. The first kappa shape index (κ1) is 15.6. The van der Waals surface area contributed by atoms with E-state index in [9.17, 15) is 8.42 Å². The van der Waals surface area contributed by atoms with Crippen molar-refractivity contribution in [1.29, 1.82) is 0 Å². The van der Waals surface area contributed by atoms with E-state index >= 15 is 0 Å². The first-order valence-electron chi connectivity index (χ1n) is 5.83. The van der Waals surface area contributed by atoms with Crippen LogP contribution in [-0.4, -0.2) is 21.0 Å². The van der Waals surface area contributed by atoms with Crippen LogP contribution in [0, 0.1) is 5.92 Å². The highest BCUT2D eigenvalue weighted by Crippen LogP contribution is 2.15. The molecule has 0 aliphatic heterocycles. The third-order valence-corrected chi connectivity index (χ3v) is 4.55. The van der Waals surface area contributed by atoms with Crippen LogP contribution in [0.2, 0.25) is 0 Å². The van der Waals surface area contributed by atoms with Gasteiger partial charge < -0.3 is 5.73 Å². The zero-order valence-electron chi connectivity index (χ0n) is 10.6. The smallest absolute Gasteiger partial charge is 0.240 e. The van der Waals surface area contributed by atoms with Gasteiger partial charge in [-0.1, -0.05) is 29.8 Å². The van der Waals surface area contributed by atoms with Crippen LogP contribution in [0.4, 0.5) is 0 Å². The van der Waals surface area contributed by atoms with Crippen LogP contribution in [-0.2, 0) is 10.0 Å². The van der Waals surface area contributed by atoms with E-state index in [2.05, 4.69) is 20.7 Å². The first-order valence-corrected chi connectivity index (χ1v) is 8.10. The van der Waals surface area contributed by atoms with Gasteiger partial charge in [-0.25, -0.2) is 13.1 Å². The molecule has 0 aliphatic carbocycles. The Balaban J connectivity index is 2.83.